The van der Waals surface area contributed by atoms with E-state index in [4.69, 9.17) is 0 Å². The Bertz CT molecular complexity index is 375. The number of likely N-dealkylation sites (N-methyl/N-ethyl adjacent to an activating group) is 1. The summed E-state index contributed by atoms with van der Waals surface area (Å²) >= 11 is 0. The zero-order valence-corrected chi connectivity index (χ0v) is 11.1. The first-order valence-electron chi connectivity index (χ1n) is 6.37. The Morgan fingerprint density at radius 2 is 1.89 bits per heavy atom. The standard InChI is InChI=1S/C12H14F3N.C2H6/c1-16-7-3-5-9-4-2-6-10(8-11(9)16)12(13,14)15;1-2/h2,6,8H,3-5,7H2,1H3;1-2H3. The van der Waals surface area contributed by atoms with Crippen LogP contribution in [0.3, 0.4) is 0 Å². The zero-order chi connectivity index (χ0) is 13.8. The first-order valence-corrected chi connectivity index (χ1v) is 6.37. The van der Waals surface area contributed by atoms with Crippen LogP contribution >= 0.6 is 0 Å². The number of nitrogens with zero attached hydrogens (tertiary/aromatic N) is 1. The van der Waals surface area contributed by atoms with E-state index in [-0.39, 0.29) is 0 Å². The molecule has 18 heavy (non-hydrogen) atoms. The van der Waals surface area contributed by atoms with Gasteiger partial charge in [-0.1, -0.05) is 26.0 Å². The Kier molecular flexibility index (Phi) is 5.05. The molecule has 1 aliphatic heterocycles. The Hall–Kier alpha value is -1.19. The molecule has 2 aliphatic rings. The molecule has 0 bridgehead atoms. The van der Waals surface area contributed by atoms with Crippen LogP contribution in [0, 0.1) is 0 Å². The van der Waals surface area contributed by atoms with Crippen molar-refractivity contribution in [3.63, 3.8) is 0 Å². The molecule has 1 heterocycles. The Balaban J connectivity index is 0.000000771. The summed E-state index contributed by atoms with van der Waals surface area (Å²) in [7, 11) is 1.85. The van der Waals surface area contributed by atoms with Crippen LogP contribution < -0.4 is 0 Å². The lowest BCUT2D eigenvalue weighted by molar-refractivity contribution is -0.0883. The fourth-order valence-corrected chi connectivity index (χ4v) is 2.17. The molecule has 0 spiro atoms. The minimum Gasteiger partial charge on any atom is -0.375 e. The van der Waals surface area contributed by atoms with E-state index in [1.54, 1.807) is 6.08 Å². The van der Waals surface area contributed by atoms with Crippen molar-refractivity contribution in [2.24, 2.45) is 0 Å². The van der Waals surface area contributed by atoms with Crippen LogP contribution in [0.2, 0.25) is 0 Å². The second kappa shape index (κ2) is 6.12. The molecule has 0 amide bonds. The lowest BCUT2D eigenvalue weighted by Gasteiger charge is -2.28. The average molecular weight is 259 g/mol. The fraction of sp³-hybridized carbons (Fsp3) is 0.571. The van der Waals surface area contributed by atoms with Crippen LogP contribution in [-0.2, 0) is 0 Å². The highest BCUT2D eigenvalue weighted by molar-refractivity contribution is 5.40. The SMILES string of the molecule is CC.CN1CCCC2=C1C=C(C(F)(F)F)C=CC2. The molecule has 0 atom stereocenters. The summed E-state index contributed by atoms with van der Waals surface area (Å²) in [5.74, 6) is 0. The van der Waals surface area contributed by atoms with Gasteiger partial charge in [0.25, 0.3) is 0 Å². The molecule has 0 saturated heterocycles. The molecule has 1 aliphatic carbocycles. The number of rotatable bonds is 0. The molecule has 0 fully saturated rings. The maximum Gasteiger partial charge on any atom is 0.416 e. The van der Waals surface area contributed by atoms with Gasteiger partial charge in [0.15, 0.2) is 0 Å². The minimum atomic E-state index is -4.25. The van der Waals surface area contributed by atoms with Gasteiger partial charge in [-0.3, -0.25) is 0 Å². The van der Waals surface area contributed by atoms with Crippen LogP contribution in [0.5, 0.6) is 0 Å². The van der Waals surface area contributed by atoms with E-state index in [0.717, 1.165) is 30.7 Å². The number of halogens is 3. The monoisotopic (exact) mass is 259 g/mol. The lowest BCUT2D eigenvalue weighted by atomic mass is 10.00. The highest BCUT2D eigenvalue weighted by Crippen LogP contribution is 2.34. The molecule has 0 radical (unpaired) electrons. The number of hydrogen-bond acceptors (Lipinski definition) is 1. The Morgan fingerprint density at radius 1 is 1.22 bits per heavy atom. The Morgan fingerprint density at radius 3 is 2.50 bits per heavy atom. The average Bonchev–Trinajstić information content (AvgIpc) is 2.54. The van der Waals surface area contributed by atoms with E-state index in [1.807, 2.05) is 25.8 Å². The van der Waals surface area contributed by atoms with Gasteiger partial charge in [0.2, 0.25) is 0 Å². The van der Waals surface area contributed by atoms with Gasteiger partial charge in [-0.2, -0.15) is 13.2 Å². The predicted octanol–water partition coefficient (Wildman–Crippen LogP) is 4.44. The van der Waals surface area contributed by atoms with Crippen molar-refractivity contribution in [1.29, 1.82) is 0 Å². The molecule has 0 aromatic heterocycles. The molecule has 0 saturated carbocycles. The first-order chi connectivity index (χ1) is 8.48. The predicted molar refractivity (Wildman–Crippen MR) is 68.1 cm³/mol. The van der Waals surface area contributed by atoms with E-state index in [2.05, 4.69) is 0 Å². The maximum atomic E-state index is 12.6. The molecule has 4 heteroatoms. The van der Waals surface area contributed by atoms with Crippen molar-refractivity contribution in [2.75, 3.05) is 13.6 Å². The number of hydrogen-bond donors (Lipinski definition) is 0. The van der Waals surface area contributed by atoms with Crippen LogP contribution in [-0.4, -0.2) is 24.7 Å². The minimum absolute atomic E-state index is 0.550. The van der Waals surface area contributed by atoms with Gasteiger partial charge in [-0.05, 0) is 30.9 Å². The van der Waals surface area contributed by atoms with Crippen molar-refractivity contribution in [3.05, 3.63) is 35.1 Å². The summed E-state index contributed by atoms with van der Waals surface area (Å²) in [6.45, 7) is 4.83. The lowest BCUT2D eigenvalue weighted by Crippen LogP contribution is -2.24. The zero-order valence-electron chi connectivity index (χ0n) is 11.1. The summed E-state index contributed by atoms with van der Waals surface area (Å²) < 4.78 is 37.9. The van der Waals surface area contributed by atoms with Gasteiger partial charge in [0, 0.05) is 19.3 Å². The Labute approximate surface area is 107 Å². The summed E-state index contributed by atoms with van der Waals surface area (Å²) in [6, 6.07) is 0. The van der Waals surface area contributed by atoms with Gasteiger partial charge >= 0.3 is 6.18 Å². The van der Waals surface area contributed by atoms with Gasteiger partial charge in [0.1, 0.15) is 0 Å². The molecule has 0 unspecified atom stereocenters. The van der Waals surface area contributed by atoms with E-state index < -0.39 is 11.7 Å². The van der Waals surface area contributed by atoms with Crippen molar-refractivity contribution < 1.29 is 13.2 Å². The highest BCUT2D eigenvalue weighted by atomic mass is 19.4. The van der Waals surface area contributed by atoms with E-state index in [1.165, 1.54) is 12.2 Å². The van der Waals surface area contributed by atoms with Gasteiger partial charge in [-0.15, -0.1) is 0 Å². The topological polar surface area (TPSA) is 3.24 Å². The van der Waals surface area contributed by atoms with Crippen LogP contribution in [0.1, 0.15) is 33.1 Å². The summed E-state index contributed by atoms with van der Waals surface area (Å²) in [6.07, 6.45) is 2.39. The van der Waals surface area contributed by atoms with Crippen molar-refractivity contribution in [1.82, 2.24) is 4.90 Å². The third kappa shape index (κ3) is 3.40. The maximum absolute atomic E-state index is 12.6. The normalized spacial score (nSPS) is 19.7. The van der Waals surface area contributed by atoms with Crippen LogP contribution in [0.4, 0.5) is 13.2 Å². The number of allylic oxidation sites excluding steroid dienone is 5. The molecule has 0 aromatic carbocycles. The molecule has 0 aromatic rings. The molecule has 0 N–H and O–H groups in total. The van der Waals surface area contributed by atoms with Crippen molar-refractivity contribution >= 4 is 0 Å². The third-order valence-electron chi connectivity index (χ3n) is 3.03. The van der Waals surface area contributed by atoms with Crippen LogP contribution in [0.15, 0.2) is 35.1 Å². The highest BCUT2D eigenvalue weighted by Gasteiger charge is 2.33. The van der Waals surface area contributed by atoms with Gasteiger partial charge in [0.05, 0.1) is 5.57 Å². The quantitative estimate of drug-likeness (QED) is 0.621. The fourth-order valence-electron chi connectivity index (χ4n) is 2.17. The second-order valence-electron chi connectivity index (χ2n) is 4.22. The van der Waals surface area contributed by atoms with Gasteiger partial charge in [-0.25, -0.2) is 0 Å². The molecular weight excluding hydrogens is 239 g/mol. The largest absolute Gasteiger partial charge is 0.416 e. The van der Waals surface area contributed by atoms with E-state index >= 15 is 0 Å². The first kappa shape index (κ1) is 14.9. The summed E-state index contributed by atoms with van der Waals surface area (Å²) in [4.78, 5) is 1.91. The smallest absolute Gasteiger partial charge is 0.375 e. The van der Waals surface area contributed by atoms with E-state index in [9.17, 15) is 13.2 Å². The summed E-state index contributed by atoms with van der Waals surface area (Å²) in [5, 5.41) is 0. The second-order valence-corrected chi connectivity index (χ2v) is 4.22. The molecule has 102 valence electrons. The third-order valence-corrected chi connectivity index (χ3v) is 3.03. The number of alkyl halides is 3. The van der Waals surface area contributed by atoms with Gasteiger partial charge < -0.3 is 4.90 Å². The molecular formula is C14H20F3N. The summed E-state index contributed by atoms with van der Waals surface area (Å²) in [5.41, 5.74) is 1.32. The van der Waals surface area contributed by atoms with E-state index in [0.29, 0.717) is 6.42 Å². The van der Waals surface area contributed by atoms with Crippen molar-refractivity contribution in [2.45, 2.75) is 39.3 Å². The van der Waals surface area contributed by atoms with Crippen molar-refractivity contribution in [3.8, 4) is 0 Å². The molecule has 1 nitrogen and oxygen atoms in total. The van der Waals surface area contributed by atoms with Crippen LogP contribution in [0.25, 0.3) is 0 Å². The molecule has 2 rings (SSSR count).